The van der Waals surface area contributed by atoms with Crippen LogP contribution in [0.5, 0.6) is 5.75 Å². The Labute approximate surface area is 107 Å². The van der Waals surface area contributed by atoms with Crippen LogP contribution in [0.1, 0.15) is 35.2 Å². The summed E-state index contributed by atoms with van der Waals surface area (Å²) in [5.74, 6) is 0.301. The topological polar surface area (TPSA) is 44.8 Å². The molecule has 0 N–H and O–H groups in total. The Morgan fingerprint density at radius 2 is 2.17 bits per heavy atom. The summed E-state index contributed by atoms with van der Waals surface area (Å²) in [6, 6.07) is 5.36. The van der Waals surface area contributed by atoms with Crippen LogP contribution in [0, 0.1) is 6.92 Å². The molecular weight excluding hydrogens is 232 g/mol. The summed E-state index contributed by atoms with van der Waals surface area (Å²) in [7, 11) is 1.37. The van der Waals surface area contributed by atoms with Crippen molar-refractivity contribution >= 4 is 5.97 Å². The highest BCUT2D eigenvalue weighted by Gasteiger charge is 2.16. The van der Waals surface area contributed by atoms with Gasteiger partial charge in [-0.25, -0.2) is 4.79 Å². The van der Waals surface area contributed by atoms with Crippen molar-refractivity contribution in [3.05, 3.63) is 29.3 Å². The molecule has 18 heavy (non-hydrogen) atoms. The molecule has 1 aliphatic heterocycles. The Bertz CT molecular complexity index is 422. The van der Waals surface area contributed by atoms with E-state index in [1.807, 2.05) is 13.0 Å². The molecule has 1 aromatic rings. The van der Waals surface area contributed by atoms with Gasteiger partial charge in [-0.05, 0) is 43.5 Å². The number of rotatable bonds is 3. The van der Waals surface area contributed by atoms with Crippen LogP contribution in [0.3, 0.4) is 0 Å². The fraction of sp³-hybridized carbons (Fsp3) is 0.500. The molecule has 1 aliphatic rings. The molecule has 1 unspecified atom stereocenters. The van der Waals surface area contributed by atoms with E-state index < -0.39 is 0 Å². The molecule has 2 rings (SSSR count). The van der Waals surface area contributed by atoms with Crippen LogP contribution in [0.4, 0.5) is 0 Å². The second kappa shape index (κ2) is 5.87. The first-order valence-corrected chi connectivity index (χ1v) is 6.17. The number of carbonyl (C=O) groups excluding carboxylic acids is 1. The number of benzene rings is 1. The minimum Gasteiger partial charge on any atom is -0.465 e. The van der Waals surface area contributed by atoms with E-state index in [2.05, 4.69) is 0 Å². The Morgan fingerprint density at radius 1 is 1.33 bits per heavy atom. The zero-order valence-electron chi connectivity index (χ0n) is 10.8. The molecule has 0 spiro atoms. The summed E-state index contributed by atoms with van der Waals surface area (Å²) >= 11 is 0. The first-order valence-electron chi connectivity index (χ1n) is 6.17. The van der Waals surface area contributed by atoms with Gasteiger partial charge < -0.3 is 14.2 Å². The molecule has 1 fully saturated rings. The fourth-order valence-corrected chi connectivity index (χ4v) is 2.01. The molecule has 0 saturated carbocycles. The summed E-state index contributed by atoms with van der Waals surface area (Å²) in [6.07, 6.45) is 2.88. The predicted molar refractivity (Wildman–Crippen MR) is 66.7 cm³/mol. The molecule has 0 amide bonds. The monoisotopic (exact) mass is 250 g/mol. The minimum absolute atomic E-state index is 0.203. The van der Waals surface area contributed by atoms with Crippen LogP contribution < -0.4 is 4.74 Å². The summed E-state index contributed by atoms with van der Waals surface area (Å²) in [5, 5.41) is 0. The van der Waals surface area contributed by atoms with E-state index in [1.54, 1.807) is 12.1 Å². The molecule has 4 heteroatoms. The van der Waals surface area contributed by atoms with Crippen molar-refractivity contribution in [2.75, 3.05) is 13.7 Å². The number of aryl methyl sites for hydroxylation is 1. The van der Waals surface area contributed by atoms with Gasteiger partial charge in [0.25, 0.3) is 0 Å². The van der Waals surface area contributed by atoms with E-state index in [1.165, 1.54) is 7.11 Å². The smallest absolute Gasteiger partial charge is 0.337 e. The maximum absolute atomic E-state index is 11.5. The molecular formula is C14H18O4. The van der Waals surface area contributed by atoms with Gasteiger partial charge in [-0.1, -0.05) is 0 Å². The zero-order valence-corrected chi connectivity index (χ0v) is 10.8. The van der Waals surface area contributed by atoms with Gasteiger partial charge >= 0.3 is 5.97 Å². The second-order valence-electron chi connectivity index (χ2n) is 4.44. The maximum atomic E-state index is 11.5. The largest absolute Gasteiger partial charge is 0.465 e. The van der Waals surface area contributed by atoms with Gasteiger partial charge in [-0.2, -0.15) is 0 Å². The van der Waals surface area contributed by atoms with Crippen LogP contribution in [-0.4, -0.2) is 26.0 Å². The Hall–Kier alpha value is -1.55. The van der Waals surface area contributed by atoms with Crippen molar-refractivity contribution in [1.82, 2.24) is 0 Å². The summed E-state index contributed by atoms with van der Waals surface area (Å²) < 4.78 is 16.0. The molecule has 0 aromatic heterocycles. The zero-order chi connectivity index (χ0) is 13.0. The standard InChI is InChI=1S/C14H18O4/c1-10-7-11(14(15)16-2)9-12(8-10)18-13-5-3-4-6-17-13/h7-9,13H,3-6H2,1-2H3. The van der Waals surface area contributed by atoms with Crippen LogP contribution >= 0.6 is 0 Å². The highest BCUT2D eigenvalue weighted by atomic mass is 16.7. The van der Waals surface area contributed by atoms with E-state index in [-0.39, 0.29) is 12.3 Å². The predicted octanol–water partition coefficient (Wildman–Crippen LogP) is 2.69. The number of hydrogen-bond donors (Lipinski definition) is 0. The van der Waals surface area contributed by atoms with Crippen molar-refractivity contribution in [3.8, 4) is 5.75 Å². The van der Waals surface area contributed by atoms with Crippen LogP contribution in [-0.2, 0) is 9.47 Å². The van der Waals surface area contributed by atoms with Crippen molar-refractivity contribution in [2.45, 2.75) is 32.5 Å². The Balaban J connectivity index is 2.11. The summed E-state index contributed by atoms with van der Waals surface area (Å²) in [5.41, 5.74) is 1.46. The van der Waals surface area contributed by atoms with Crippen LogP contribution in [0.2, 0.25) is 0 Å². The lowest BCUT2D eigenvalue weighted by molar-refractivity contribution is -0.105. The van der Waals surface area contributed by atoms with E-state index in [4.69, 9.17) is 14.2 Å². The van der Waals surface area contributed by atoms with Gasteiger partial charge in [-0.15, -0.1) is 0 Å². The molecule has 4 nitrogen and oxygen atoms in total. The van der Waals surface area contributed by atoms with Crippen LogP contribution in [0.15, 0.2) is 18.2 Å². The third kappa shape index (κ3) is 3.23. The molecule has 0 radical (unpaired) electrons. The van der Waals surface area contributed by atoms with Gasteiger partial charge in [0.15, 0.2) is 6.29 Å². The lowest BCUT2D eigenvalue weighted by Crippen LogP contribution is -2.25. The van der Waals surface area contributed by atoms with Gasteiger partial charge in [0.2, 0.25) is 0 Å². The third-order valence-corrected chi connectivity index (χ3v) is 2.88. The Kier molecular flexibility index (Phi) is 4.20. The minimum atomic E-state index is -0.354. The number of hydrogen-bond acceptors (Lipinski definition) is 4. The maximum Gasteiger partial charge on any atom is 0.337 e. The molecule has 1 heterocycles. The van der Waals surface area contributed by atoms with E-state index in [0.29, 0.717) is 11.3 Å². The molecule has 0 aliphatic carbocycles. The molecule has 1 saturated heterocycles. The van der Waals surface area contributed by atoms with Crippen molar-refractivity contribution in [3.63, 3.8) is 0 Å². The average molecular weight is 250 g/mol. The average Bonchev–Trinajstić information content (AvgIpc) is 2.38. The molecule has 1 atom stereocenters. The SMILES string of the molecule is COC(=O)c1cc(C)cc(OC2CCCCO2)c1. The number of esters is 1. The normalized spacial score (nSPS) is 19.3. The van der Waals surface area contributed by atoms with E-state index in [0.717, 1.165) is 31.4 Å². The Morgan fingerprint density at radius 3 is 2.83 bits per heavy atom. The second-order valence-corrected chi connectivity index (χ2v) is 4.44. The highest BCUT2D eigenvalue weighted by molar-refractivity contribution is 5.90. The van der Waals surface area contributed by atoms with E-state index >= 15 is 0 Å². The first kappa shape index (κ1) is 12.9. The lowest BCUT2D eigenvalue weighted by atomic mass is 10.1. The fourth-order valence-electron chi connectivity index (χ4n) is 2.01. The van der Waals surface area contributed by atoms with E-state index in [9.17, 15) is 4.79 Å². The summed E-state index contributed by atoms with van der Waals surface area (Å²) in [6.45, 7) is 2.65. The van der Waals surface area contributed by atoms with Crippen LogP contribution in [0.25, 0.3) is 0 Å². The summed E-state index contributed by atoms with van der Waals surface area (Å²) in [4.78, 5) is 11.5. The first-order chi connectivity index (χ1) is 8.69. The number of carbonyl (C=O) groups is 1. The van der Waals surface area contributed by atoms with Crippen molar-refractivity contribution < 1.29 is 19.0 Å². The molecule has 98 valence electrons. The van der Waals surface area contributed by atoms with Gasteiger partial charge in [0.05, 0.1) is 19.3 Å². The molecule has 0 bridgehead atoms. The third-order valence-electron chi connectivity index (χ3n) is 2.88. The van der Waals surface area contributed by atoms with Crippen molar-refractivity contribution in [1.29, 1.82) is 0 Å². The highest BCUT2D eigenvalue weighted by Crippen LogP contribution is 2.22. The lowest BCUT2D eigenvalue weighted by Gasteiger charge is -2.23. The quantitative estimate of drug-likeness (QED) is 0.774. The number of methoxy groups -OCH3 is 1. The molecule has 1 aromatic carbocycles. The van der Waals surface area contributed by atoms with Crippen molar-refractivity contribution in [2.24, 2.45) is 0 Å². The van der Waals surface area contributed by atoms with Gasteiger partial charge in [0, 0.05) is 6.42 Å². The van der Waals surface area contributed by atoms with Gasteiger partial charge in [-0.3, -0.25) is 0 Å². The van der Waals surface area contributed by atoms with Gasteiger partial charge in [0.1, 0.15) is 5.75 Å². The number of ether oxygens (including phenoxy) is 3.